The molecule has 0 spiro atoms. The summed E-state index contributed by atoms with van der Waals surface area (Å²) < 4.78 is 1.84. The number of anilines is 1. The number of piperidine rings is 1. The van der Waals surface area contributed by atoms with Crippen molar-refractivity contribution in [2.45, 2.75) is 58.9 Å². The summed E-state index contributed by atoms with van der Waals surface area (Å²) in [6.07, 6.45) is 4.90. The molecular weight excluding hydrogens is 402 g/mol. The fraction of sp³-hybridized carbons (Fsp3) is 0.440. The molecule has 7 nitrogen and oxygen atoms in total. The van der Waals surface area contributed by atoms with Crippen molar-refractivity contribution in [2.75, 3.05) is 18.4 Å². The molecular formula is C25H31N5O2. The van der Waals surface area contributed by atoms with Crippen LogP contribution in [0.2, 0.25) is 0 Å². The van der Waals surface area contributed by atoms with Gasteiger partial charge in [-0.1, -0.05) is 26.0 Å². The van der Waals surface area contributed by atoms with Gasteiger partial charge in [-0.15, -0.1) is 0 Å². The van der Waals surface area contributed by atoms with Gasteiger partial charge in [-0.05, 0) is 57.2 Å². The van der Waals surface area contributed by atoms with Crippen LogP contribution in [0.5, 0.6) is 0 Å². The lowest BCUT2D eigenvalue weighted by Gasteiger charge is -2.27. The van der Waals surface area contributed by atoms with Crippen molar-refractivity contribution in [1.29, 1.82) is 0 Å². The first kappa shape index (κ1) is 22.0. The quantitative estimate of drug-likeness (QED) is 0.613. The number of amides is 2. The molecule has 3 aromatic rings. The standard InChI is InChI=1S/C25H31N5O2/c1-16(2)22-14-19(20-15-26-30(17(3)4)23(20)27-22)24(31)28-21-11-7-6-10-18(21)25(32)29-12-8-5-9-13-29/h6-7,10-11,14-17H,5,8-9,12-13H2,1-4H3,(H,28,31). The Hall–Kier alpha value is -3.22. The number of benzene rings is 1. The molecule has 2 amide bonds. The predicted octanol–water partition coefficient (Wildman–Crippen LogP) is 5.01. The van der Waals surface area contributed by atoms with E-state index >= 15 is 0 Å². The van der Waals surface area contributed by atoms with E-state index in [-0.39, 0.29) is 23.8 Å². The van der Waals surface area contributed by atoms with Crippen LogP contribution in [0, 0.1) is 0 Å². The fourth-order valence-corrected chi connectivity index (χ4v) is 4.13. The average molecular weight is 434 g/mol. The molecule has 2 aromatic heterocycles. The highest BCUT2D eigenvalue weighted by atomic mass is 16.2. The summed E-state index contributed by atoms with van der Waals surface area (Å²) >= 11 is 0. The Balaban J connectivity index is 1.70. The summed E-state index contributed by atoms with van der Waals surface area (Å²) in [4.78, 5) is 33.2. The van der Waals surface area contributed by atoms with E-state index in [1.54, 1.807) is 18.3 Å². The van der Waals surface area contributed by atoms with Crippen LogP contribution in [-0.4, -0.2) is 44.6 Å². The summed E-state index contributed by atoms with van der Waals surface area (Å²) in [5.41, 5.74) is 3.11. The number of pyridine rings is 1. The number of nitrogens with zero attached hydrogens (tertiary/aromatic N) is 4. The normalized spacial score (nSPS) is 14.4. The van der Waals surface area contributed by atoms with Crippen LogP contribution in [0.1, 0.15) is 85.3 Å². The maximum Gasteiger partial charge on any atom is 0.256 e. The van der Waals surface area contributed by atoms with E-state index in [4.69, 9.17) is 4.98 Å². The lowest BCUT2D eigenvalue weighted by molar-refractivity contribution is 0.0725. The van der Waals surface area contributed by atoms with Gasteiger partial charge in [0.25, 0.3) is 11.8 Å². The molecule has 1 fully saturated rings. The van der Waals surface area contributed by atoms with E-state index in [0.29, 0.717) is 27.8 Å². The minimum Gasteiger partial charge on any atom is -0.339 e. The lowest BCUT2D eigenvalue weighted by Crippen LogP contribution is -2.36. The van der Waals surface area contributed by atoms with E-state index in [1.165, 1.54) is 0 Å². The van der Waals surface area contributed by atoms with Crippen LogP contribution in [0.25, 0.3) is 11.0 Å². The first-order valence-electron chi connectivity index (χ1n) is 11.4. The summed E-state index contributed by atoms with van der Waals surface area (Å²) in [5.74, 6) is -0.132. The average Bonchev–Trinajstić information content (AvgIpc) is 3.23. The summed E-state index contributed by atoms with van der Waals surface area (Å²) in [6.45, 7) is 9.71. The summed E-state index contributed by atoms with van der Waals surface area (Å²) in [6, 6.07) is 9.20. The summed E-state index contributed by atoms with van der Waals surface area (Å²) in [5, 5.41) is 8.17. The molecule has 0 bridgehead atoms. The topological polar surface area (TPSA) is 80.1 Å². The Morgan fingerprint density at radius 2 is 1.72 bits per heavy atom. The highest BCUT2D eigenvalue weighted by molar-refractivity contribution is 6.14. The monoisotopic (exact) mass is 433 g/mol. The number of hydrogen-bond acceptors (Lipinski definition) is 4. The van der Waals surface area contributed by atoms with Gasteiger partial charge in [-0.25, -0.2) is 9.67 Å². The van der Waals surface area contributed by atoms with Crippen molar-refractivity contribution < 1.29 is 9.59 Å². The van der Waals surface area contributed by atoms with Gasteiger partial charge in [0.15, 0.2) is 5.65 Å². The van der Waals surface area contributed by atoms with Gasteiger partial charge in [-0.3, -0.25) is 9.59 Å². The number of nitrogens with one attached hydrogen (secondary N) is 1. The lowest BCUT2D eigenvalue weighted by atomic mass is 10.0. The van der Waals surface area contributed by atoms with Crippen LogP contribution in [0.3, 0.4) is 0 Å². The molecule has 3 heterocycles. The molecule has 0 aliphatic carbocycles. The Bertz CT molecular complexity index is 1140. The van der Waals surface area contributed by atoms with Gasteiger partial charge in [-0.2, -0.15) is 5.10 Å². The molecule has 0 radical (unpaired) electrons. The van der Waals surface area contributed by atoms with Crippen LogP contribution < -0.4 is 5.32 Å². The van der Waals surface area contributed by atoms with E-state index < -0.39 is 0 Å². The highest BCUT2D eigenvalue weighted by Crippen LogP contribution is 2.26. The number of para-hydroxylation sites is 1. The van der Waals surface area contributed by atoms with Crippen LogP contribution in [0.15, 0.2) is 36.5 Å². The molecule has 32 heavy (non-hydrogen) atoms. The minimum absolute atomic E-state index is 0.0315. The number of hydrogen-bond donors (Lipinski definition) is 1. The molecule has 1 saturated heterocycles. The van der Waals surface area contributed by atoms with E-state index in [9.17, 15) is 9.59 Å². The molecule has 1 aliphatic rings. The van der Waals surface area contributed by atoms with Crippen molar-refractivity contribution in [3.05, 3.63) is 53.3 Å². The zero-order valence-corrected chi connectivity index (χ0v) is 19.3. The number of carbonyl (C=O) groups is 2. The largest absolute Gasteiger partial charge is 0.339 e. The molecule has 1 aromatic carbocycles. The predicted molar refractivity (Wildman–Crippen MR) is 126 cm³/mol. The van der Waals surface area contributed by atoms with E-state index in [0.717, 1.165) is 38.0 Å². The van der Waals surface area contributed by atoms with Crippen LogP contribution in [0.4, 0.5) is 5.69 Å². The van der Waals surface area contributed by atoms with Gasteiger partial charge < -0.3 is 10.2 Å². The second kappa shape index (κ2) is 9.10. The zero-order valence-electron chi connectivity index (χ0n) is 19.3. The third-order valence-corrected chi connectivity index (χ3v) is 5.96. The SMILES string of the molecule is CC(C)c1cc(C(=O)Nc2ccccc2C(=O)N2CCCCC2)c2cnn(C(C)C)c2n1. The van der Waals surface area contributed by atoms with Gasteiger partial charge >= 0.3 is 0 Å². The molecule has 4 rings (SSSR count). The number of likely N-dealkylation sites (tertiary alicyclic amines) is 1. The minimum atomic E-state index is -0.262. The number of aromatic nitrogens is 3. The van der Waals surface area contributed by atoms with Gasteiger partial charge in [0.05, 0.1) is 28.4 Å². The smallest absolute Gasteiger partial charge is 0.256 e. The molecule has 0 atom stereocenters. The molecule has 168 valence electrons. The summed E-state index contributed by atoms with van der Waals surface area (Å²) in [7, 11) is 0. The van der Waals surface area contributed by atoms with Crippen molar-refractivity contribution in [3.8, 4) is 0 Å². The molecule has 1 aliphatic heterocycles. The van der Waals surface area contributed by atoms with Crippen molar-refractivity contribution in [2.24, 2.45) is 0 Å². The first-order chi connectivity index (χ1) is 15.4. The number of fused-ring (bicyclic) bond motifs is 1. The van der Waals surface area contributed by atoms with Crippen molar-refractivity contribution >= 4 is 28.5 Å². The van der Waals surface area contributed by atoms with Gasteiger partial charge in [0.2, 0.25) is 0 Å². The molecule has 0 saturated carbocycles. The first-order valence-corrected chi connectivity index (χ1v) is 11.4. The Morgan fingerprint density at radius 1 is 1.00 bits per heavy atom. The third kappa shape index (κ3) is 4.24. The number of rotatable bonds is 5. The molecule has 0 unspecified atom stereocenters. The van der Waals surface area contributed by atoms with E-state index in [2.05, 4.69) is 24.3 Å². The van der Waals surface area contributed by atoms with Gasteiger partial charge in [0, 0.05) is 24.8 Å². The van der Waals surface area contributed by atoms with Gasteiger partial charge in [0.1, 0.15) is 0 Å². The third-order valence-electron chi connectivity index (χ3n) is 5.96. The fourth-order valence-electron chi connectivity index (χ4n) is 4.13. The second-order valence-electron chi connectivity index (χ2n) is 9.02. The second-order valence-corrected chi connectivity index (χ2v) is 9.02. The van der Waals surface area contributed by atoms with Crippen LogP contribution in [-0.2, 0) is 0 Å². The van der Waals surface area contributed by atoms with Crippen LogP contribution >= 0.6 is 0 Å². The van der Waals surface area contributed by atoms with Crippen molar-refractivity contribution in [1.82, 2.24) is 19.7 Å². The van der Waals surface area contributed by atoms with Crippen molar-refractivity contribution in [3.63, 3.8) is 0 Å². The molecule has 1 N–H and O–H groups in total. The maximum atomic E-state index is 13.4. The molecule has 7 heteroatoms. The number of carbonyl (C=O) groups excluding carboxylic acids is 2. The zero-order chi connectivity index (χ0) is 22.8. The highest BCUT2D eigenvalue weighted by Gasteiger charge is 2.23. The Kier molecular flexibility index (Phi) is 6.26. The Labute approximate surface area is 188 Å². The maximum absolute atomic E-state index is 13.4. The Morgan fingerprint density at radius 3 is 2.41 bits per heavy atom. The van der Waals surface area contributed by atoms with E-state index in [1.807, 2.05) is 41.6 Å².